The smallest absolute Gasteiger partial charge is 0.346 e. The number of nitriles is 1. The molecule has 0 unspecified atom stereocenters. The lowest BCUT2D eigenvalue weighted by Crippen LogP contribution is -2.34. The number of rotatable bonds is 2. The molecule has 25 heavy (non-hydrogen) atoms. The van der Waals surface area contributed by atoms with Crippen molar-refractivity contribution in [3.8, 4) is 6.07 Å². The van der Waals surface area contributed by atoms with E-state index in [1.54, 1.807) is 12.1 Å². The van der Waals surface area contributed by atoms with E-state index in [0.717, 1.165) is 55.8 Å². The number of benzene rings is 1. The van der Waals surface area contributed by atoms with Crippen LogP contribution >= 0.6 is 0 Å². The molecule has 0 spiro atoms. The fourth-order valence-electron chi connectivity index (χ4n) is 3.86. The van der Waals surface area contributed by atoms with Crippen LogP contribution in [0.1, 0.15) is 29.5 Å². The topological polar surface area (TPSA) is 94.5 Å². The van der Waals surface area contributed by atoms with Gasteiger partial charge in [0, 0.05) is 29.7 Å². The number of fused-ring (bicyclic) bond motifs is 2. The standard InChI is InChI=1S/C19H16N2O4/c20-10-14(18(22)23)9-13-8-12-7-11-3-1-5-21-6-2-4-15(16(11)21)17(12)25-19(13)24/h7-9H,1-6H2,(H,22,23)/b14-9+. The van der Waals surface area contributed by atoms with E-state index in [2.05, 4.69) is 4.90 Å². The molecule has 2 aliphatic heterocycles. The van der Waals surface area contributed by atoms with Crippen LogP contribution in [0, 0.1) is 11.3 Å². The van der Waals surface area contributed by atoms with E-state index in [4.69, 9.17) is 14.8 Å². The summed E-state index contributed by atoms with van der Waals surface area (Å²) in [5.41, 5.74) is 3.09. The minimum atomic E-state index is -1.36. The van der Waals surface area contributed by atoms with Crippen molar-refractivity contribution < 1.29 is 14.3 Å². The first-order valence-electron chi connectivity index (χ1n) is 8.31. The van der Waals surface area contributed by atoms with Crippen molar-refractivity contribution in [1.29, 1.82) is 5.26 Å². The maximum atomic E-state index is 12.3. The van der Waals surface area contributed by atoms with Crippen LogP contribution in [0.5, 0.6) is 0 Å². The minimum Gasteiger partial charge on any atom is -0.477 e. The number of carbonyl (C=O) groups is 1. The first-order valence-corrected chi connectivity index (χ1v) is 8.31. The van der Waals surface area contributed by atoms with E-state index < -0.39 is 17.2 Å². The lowest BCUT2D eigenvalue weighted by Gasteiger charge is -2.37. The van der Waals surface area contributed by atoms with Gasteiger partial charge >= 0.3 is 11.6 Å². The molecule has 1 N–H and O–H groups in total. The highest BCUT2D eigenvalue weighted by Crippen LogP contribution is 2.39. The van der Waals surface area contributed by atoms with E-state index in [-0.39, 0.29) is 5.56 Å². The molecule has 1 aromatic heterocycles. The molecule has 6 nitrogen and oxygen atoms in total. The minimum absolute atomic E-state index is 0.0853. The van der Waals surface area contributed by atoms with Crippen LogP contribution in [0.4, 0.5) is 5.69 Å². The summed E-state index contributed by atoms with van der Waals surface area (Å²) in [7, 11) is 0. The molecule has 0 bridgehead atoms. The normalized spacial score (nSPS) is 16.4. The lowest BCUT2D eigenvalue weighted by atomic mass is 9.90. The molecule has 0 saturated heterocycles. The van der Waals surface area contributed by atoms with Gasteiger partial charge in [-0.05, 0) is 49.5 Å². The van der Waals surface area contributed by atoms with Gasteiger partial charge in [-0.15, -0.1) is 0 Å². The van der Waals surface area contributed by atoms with Crippen molar-refractivity contribution in [3.05, 3.63) is 44.8 Å². The van der Waals surface area contributed by atoms with Crippen molar-refractivity contribution in [2.24, 2.45) is 0 Å². The fourth-order valence-corrected chi connectivity index (χ4v) is 3.86. The summed E-state index contributed by atoms with van der Waals surface area (Å²) in [5, 5.41) is 18.7. The van der Waals surface area contributed by atoms with Crippen LogP contribution in [0.15, 0.2) is 26.9 Å². The predicted molar refractivity (Wildman–Crippen MR) is 92.6 cm³/mol. The molecular formula is C19H16N2O4. The summed E-state index contributed by atoms with van der Waals surface area (Å²) in [6.07, 6.45) is 5.04. The summed E-state index contributed by atoms with van der Waals surface area (Å²) >= 11 is 0. The summed E-state index contributed by atoms with van der Waals surface area (Å²) in [6.45, 7) is 2.06. The van der Waals surface area contributed by atoms with Gasteiger partial charge in [-0.3, -0.25) is 0 Å². The molecule has 126 valence electrons. The molecule has 0 aliphatic carbocycles. The number of hydrogen-bond donors (Lipinski definition) is 1. The molecule has 0 radical (unpaired) electrons. The Labute approximate surface area is 143 Å². The van der Waals surface area contributed by atoms with E-state index >= 15 is 0 Å². The Balaban J connectivity index is 1.96. The van der Waals surface area contributed by atoms with Gasteiger partial charge in [-0.1, -0.05) is 0 Å². The quantitative estimate of drug-likeness (QED) is 0.514. The largest absolute Gasteiger partial charge is 0.477 e. The van der Waals surface area contributed by atoms with E-state index in [9.17, 15) is 9.59 Å². The number of carboxylic acid groups (broad SMARTS) is 1. The number of carboxylic acids is 1. The SMILES string of the molecule is N#C/C(=C\c1cc2cc3c4c(c2oc1=O)CCCN4CCC3)C(=O)O. The lowest BCUT2D eigenvalue weighted by molar-refractivity contribution is -0.132. The molecule has 0 fully saturated rings. The Morgan fingerprint density at radius 3 is 2.76 bits per heavy atom. The monoisotopic (exact) mass is 336 g/mol. The number of aryl methyl sites for hydroxylation is 2. The van der Waals surface area contributed by atoms with Gasteiger partial charge < -0.3 is 14.4 Å². The maximum Gasteiger partial charge on any atom is 0.346 e. The molecule has 1 aromatic carbocycles. The highest BCUT2D eigenvalue weighted by molar-refractivity contribution is 5.97. The highest BCUT2D eigenvalue weighted by Gasteiger charge is 2.27. The third kappa shape index (κ3) is 2.49. The second-order valence-electron chi connectivity index (χ2n) is 6.44. The number of aliphatic carboxylic acids is 1. The number of nitrogens with zero attached hydrogens (tertiary/aromatic N) is 2. The third-order valence-corrected chi connectivity index (χ3v) is 4.89. The van der Waals surface area contributed by atoms with Gasteiger partial charge in [0.15, 0.2) is 0 Å². The second kappa shape index (κ2) is 5.78. The number of anilines is 1. The van der Waals surface area contributed by atoms with Crippen LogP contribution < -0.4 is 10.5 Å². The average molecular weight is 336 g/mol. The van der Waals surface area contributed by atoms with Crippen LogP contribution in [-0.2, 0) is 17.6 Å². The zero-order valence-corrected chi connectivity index (χ0v) is 13.5. The van der Waals surface area contributed by atoms with Crippen molar-refractivity contribution in [2.45, 2.75) is 25.7 Å². The van der Waals surface area contributed by atoms with Crippen molar-refractivity contribution in [1.82, 2.24) is 0 Å². The van der Waals surface area contributed by atoms with E-state index in [1.165, 1.54) is 11.3 Å². The average Bonchev–Trinajstić information content (AvgIpc) is 2.61. The zero-order chi connectivity index (χ0) is 17.6. The molecule has 6 heteroatoms. The van der Waals surface area contributed by atoms with Crippen LogP contribution in [-0.4, -0.2) is 24.2 Å². The Morgan fingerprint density at radius 2 is 2.04 bits per heavy atom. The van der Waals surface area contributed by atoms with Crippen LogP contribution in [0.25, 0.3) is 17.0 Å². The zero-order valence-electron chi connectivity index (χ0n) is 13.5. The highest BCUT2D eigenvalue weighted by atomic mass is 16.4. The van der Waals surface area contributed by atoms with Gasteiger partial charge in [0.2, 0.25) is 0 Å². The summed E-state index contributed by atoms with van der Waals surface area (Å²) in [5.74, 6) is -1.36. The summed E-state index contributed by atoms with van der Waals surface area (Å²) in [6, 6.07) is 5.24. The van der Waals surface area contributed by atoms with Crippen molar-refractivity contribution in [2.75, 3.05) is 18.0 Å². The van der Waals surface area contributed by atoms with Crippen LogP contribution in [0.3, 0.4) is 0 Å². The molecule has 2 aromatic rings. The predicted octanol–water partition coefficient (Wildman–Crippen LogP) is 2.48. The van der Waals surface area contributed by atoms with E-state index in [0.29, 0.717) is 5.58 Å². The molecule has 4 rings (SSSR count). The fraction of sp³-hybridized carbons (Fsp3) is 0.316. The first kappa shape index (κ1) is 15.5. The number of hydrogen-bond acceptors (Lipinski definition) is 5. The van der Waals surface area contributed by atoms with Crippen molar-refractivity contribution >= 4 is 28.7 Å². The molecule has 0 saturated carbocycles. The molecule has 3 heterocycles. The van der Waals surface area contributed by atoms with Gasteiger partial charge in [0.1, 0.15) is 17.2 Å². The maximum absolute atomic E-state index is 12.3. The second-order valence-corrected chi connectivity index (χ2v) is 6.44. The molecule has 0 atom stereocenters. The Kier molecular flexibility index (Phi) is 3.57. The van der Waals surface area contributed by atoms with Crippen molar-refractivity contribution in [3.63, 3.8) is 0 Å². The summed E-state index contributed by atoms with van der Waals surface area (Å²) < 4.78 is 5.56. The van der Waals surface area contributed by atoms with Gasteiger partial charge in [-0.2, -0.15) is 5.26 Å². The Bertz CT molecular complexity index is 1020. The van der Waals surface area contributed by atoms with Gasteiger partial charge in [0.05, 0.1) is 5.56 Å². The third-order valence-electron chi connectivity index (χ3n) is 4.89. The molecule has 0 amide bonds. The molecular weight excluding hydrogens is 320 g/mol. The van der Waals surface area contributed by atoms with E-state index in [1.807, 2.05) is 6.07 Å². The first-order chi connectivity index (χ1) is 12.1. The van der Waals surface area contributed by atoms with Crippen LogP contribution in [0.2, 0.25) is 0 Å². The van der Waals surface area contributed by atoms with Gasteiger partial charge in [-0.25, -0.2) is 9.59 Å². The van der Waals surface area contributed by atoms with Gasteiger partial charge in [0.25, 0.3) is 0 Å². The molecule has 2 aliphatic rings. The summed E-state index contributed by atoms with van der Waals surface area (Å²) in [4.78, 5) is 25.7. The Morgan fingerprint density at radius 1 is 1.28 bits per heavy atom. The Hall–Kier alpha value is -3.07.